The molecule has 1 aliphatic carbocycles. The fourth-order valence-electron chi connectivity index (χ4n) is 5.42. The van der Waals surface area contributed by atoms with Crippen LogP contribution in [0.1, 0.15) is 45.2 Å². The fourth-order valence-corrected chi connectivity index (χ4v) is 5.42. The number of fused-ring (bicyclic) bond motifs is 5. The average Bonchev–Trinajstić information content (AvgIpc) is 2.85. The summed E-state index contributed by atoms with van der Waals surface area (Å²) in [5.41, 5.74) is 6.91. The zero-order valence-electron chi connectivity index (χ0n) is 16.5. The van der Waals surface area contributed by atoms with Gasteiger partial charge in [-0.3, -0.25) is 4.98 Å². The van der Waals surface area contributed by atoms with Crippen LogP contribution in [0.15, 0.2) is 66.9 Å². The SMILES string of the molecule is CC1(C)CC(C)(C)c2c1cnc1c2cc(-c2ccccc2)c2ccccc21. The molecule has 0 unspecified atom stereocenters. The third-order valence-electron chi connectivity index (χ3n) is 6.25. The molecule has 4 aromatic rings. The third kappa shape index (κ3) is 2.34. The monoisotopic (exact) mass is 351 g/mol. The van der Waals surface area contributed by atoms with E-state index in [4.69, 9.17) is 4.98 Å². The van der Waals surface area contributed by atoms with E-state index in [1.165, 1.54) is 38.4 Å². The smallest absolute Gasteiger partial charge is 0.0783 e. The maximum Gasteiger partial charge on any atom is 0.0783 e. The van der Waals surface area contributed by atoms with E-state index in [1.807, 2.05) is 0 Å². The quantitative estimate of drug-likeness (QED) is 0.336. The van der Waals surface area contributed by atoms with Gasteiger partial charge in [-0.1, -0.05) is 82.3 Å². The standard InChI is InChI=1S/C26H25N/c1-25(2)16-26(3,4)23-21-14-20(17-10-6-5-7-11-17)18-12-8-9-13-19(18)24(21)27-15-22(23)25/h5-15H,16H2,1-4H3. The molecular weight excluding hydrogens is 326 g/mol. The van der Waals surface area contributed by atoms with Gasteiger partial charge in [-0.2, -0.15) is 0 Å². The Morgan fingerprint density at radius 3 is 2.15 bits per heavy atom. The average molecular weight is 351 g/mol. The Bertz CT molecular complexity index is 1180. The Hall–Kier alpha value is -2.67. The van der Waals surface area contributed by atoms with Gasteiger partial charge in [0.1, 0.15) is 0 Å². The van der Waals surface area contributed by atoms with Crippen molar-refractivity contribution in [2.75, 3.05) is 0 Å². The first-order valence-corrected chi connectivity index (χ1v) is 9.79. The van der Waals surface area contributed by atoms with Crippen LogP contribution >= 0.6 is 0 Å². The Kier molecular flexibility index (Phi) is 3.31. The van der Waals surface area contributed by atoms with Crippen molar-refractivity contribution in [1.82, 2.24) is 4.98 Å². The van der Waals surface area contributed by atoms with Crippen molar-refractivity contribution in [3.05, 3.63) is 78.0 Å². The lowest BCUT2D eigenvalue weighted by molar-refractivity contribution is 0.404. The van der Waals surface area contributed by atoms with Crippen molar-refractivity contribution in [3.8, 4) is 11.1 Å². The molecule has 0 N–H and O–H groups in total. The highest BCUT2D eigenvalue weighted by atomic mass is 14.7. The molecule has 1 aromatic heterocycles. The molecule has 0 atom stereocenters. The van der Waals surface area contributed by atoms with Crippen LogP contribution in [0.25, 0.3) is 32.8 Å². The van der Waals surface area contributed by atoms with Crippen molar-refractivity contribution in [1.29, 1.82) is 0 Å². The van der Waals surface area contributed by atoms with Crippen LogP contribution in [0.3, 0.4) is 0 Å². The molecule has 27 heavy (non-hydrogen) atoms. The highest BCUT2D eigenvalue weighted by Gasteiger charge is 2.43. The second-order valence-corrected chi connectivity index (χ2v) is 9.22. The summed E-state index contributed by atoms with van der Waals surface area (Å²) in [5, 5.41) is 3.84. The van der Waals surface area contributed by atoms with E-state index in [1.54, 1.807) is 0 Å². The summed E-state index contributed by atoms with van der Waals surface area (Å²) < 4.78 is 0. The molecular formula is C26H25N. The largest absolute Gasteiger partial charge is 0.255 e. The van der Waals surface area contributed by atoms with Gasteiger partial charge < -0.3 is 0 Å². The van der Waals surface area contributed by atoms with E-state index in [0.29, 0.717) is 0 Å². The zero-order valence-corrected chi connectivity index (χ0v) is 16.5. The number of hydrogen-bond donors (Lipinski definition) is 0. The predicted molar refractivity (Wildman–Crippen MR) is 115 cm³/mol. The van der Waals surface area contributed by atoms with Crippen LogP contribution in [0, 0.1) is 0 Å². The van der Waals surface area contributed by atoms with Crippen molar-refractivity contribution >= 4 is 21.7 Å². The molecule has 3 aromatic carbocycles. The summed E-state index contributed by atoms with van der Waals surface area (Å²) in [6.07, 6.45) is 3.30. The minimum Gasteiger partial charge on any atom is -0.255 e. The number of pyridine rings is 1. The lowest BCUT2D eigenvalue weighted by atomic mass is 9.81. The normalized spacial score (nSPS) is 17.3. The van der Waals surface area contributed by atoms with Crippen molar-refractivity contribution in [3.63, 3.8) is 0 Å². The zero-order chi connectivity index (χ0) is 18.8. The van der Waals surface area contributed by atoms with Gasteiger partial charge in [0.15, 0.2) is 0 Å². The lowest BCUT2D eigenvalue weighted by Gasteiger charge is -2.23. The van der Waals surface area contributed by atoms with E-state index in [-0.39, 0.29) is 10.8 Å². The molecule has 0 spiro atoms. The van der Waals surface area contributed by atoms with Crippen LogP contribution in [0.2, 0.25) is 0 Å². The summed E-state index contributed by atoms with van der Waals surface area (Å²) in [4.78, 5) is 4.98. The number of aromatic nitrogens is 1. The van der Waals surface area contributed by atoms with Crippen molar-refractivity contribution in [2.45, 2.75) is 44.9 Å². The van der Waals surface area contributed by atoms with Crippen LogP contribution in [0.4, 0.5) is 0 Å². The lowest BCUT2D eigenvalue weighted by Crippen LogP contribution is -2.18. The number of rotatable bonds is 1. The van der Waals surface area contributed by atoms with E-state index >= 15 is 0 Å². The third-order valence-corrected chi connectivity index (χ3v) is 6.25. The van der Waals surface area contributed by atoms with E-state index < -0.39 is 0 Å². The van der Waals surface area contributed by atoms with Crippen molar-refractivity contribution < 1.29 is 0 Å². The molecule has 0 radical (unpaired) electrons. The van der Waals surface area contributed by atoms with Gasteiger partial charge in [-0.05, 0) is 51.0 Å². The van der Waals surface area contributed by atoms with Gasteiger partial charge in [0.2, 0.25) is 0 Å². The molecule has 0 amide bonds. The Morgan fingerprint density at radius 1 is 0.741 bits per heavy atom. The highest BCUT2D eigenvalue weighted by Crippen LogP contribution is 2.52. The maximum absolute atomic E-state index is 4.98. The Balaban J connectivity index is 1.98. The van der Waals surface area contributed by atoms with Crippen LogP contribution < -0.4 is 0 Å². The summed E-state index contributed by atoms with van der Waals surface area (Å²) >= 11 is 0. The number of benzene rings is 3. The van der Waals surface area contributed by atoms with Gasteiger partial charge >= 0.3 is 0 Å². The van der Waals surface area contributed by atoms with E-state index in [2.05, 4.69) is 94.6 Å². The predicted octanol–water partition coefficient (Wildman–Crippen LogP) is 7.01. The van der Waals surface area contributed by atoms with Crippen LogP contribution in [0.5, 0.6) is 0 Å². The molecule has 134 valence electrons. The molecule has 0 saturated carbocycles. The molecule has 1 aliphatic rings. The first kappa shape index (κ1) is 16.5. The maximum atomic E-state index is 4.98. The van der Waals surface area contributed by atoms with Gasteiger partial charge in [0.25, 0.3) is 0 Å². The number of nitrogens with zero attached hydrogens (tertiary/aromatic N) is 1. The van der Waals surface area contributed by atoms with Gasteiger partial charge in [0.05, 0.1) is 5.52 Å². The fraction of sp³-hybridized carbons (Fsp3) is 0.269. The summed E-state index contributed by atoms with van der Waals surface area (Å²) in [6.45, 7) is 9.48. The number of hydrogen-bond acceptors (Lipinski definition) is 1. The summed E-state index contributed by atoms with van der Waals surface area (Å²) in [7, 11) is 0. The van der Waals surface area contributed by atoms with Gasteiger partial charge in [-0.25, -0.2) is 0 Å². The second-order valence-electron chi connectivity index (χ2n) is 9.22. The first-order valence-electron chi connectivity index (χ1n) is 9.79. The molecule has 0 bridgehead atoms. The molecule has 0 saturated heterocycles. The molecule has 1 nitrogen and oxygen atoms in total. The molecule has 1 heteroatoms. The van der Waals surface area contributed by atoms with Crippen molar-refractivity contribution in [2.24, 2.45) is 0 Å². The summed E-state index contributed by atoms with van der Waals surface area (Å²) in [5.74, 6) is 0. The van der Waals surface area contributed by atoms with E-state index in [0.717, 1.165) is 11.9 Å². The van der Waals surface area contributed by atoms with Gasteiger partial charge in [-0.15, -0.1) is 0 Å². The molecule has 5 rings (SSSR count). The second kappa shape index (κ2) is 5.42. The Labute approximate surface area is 161 Å². The van der Waals surface area contributed by atoms with Crippen LogP contribution in [-0.4, -0.2) is 4.98 Å². The molecule has 1 heterocycles. The molecule has 0 aliphatic heterocycles. The minimum absolute atomic E-state index is 0.149. The Morgan fingerprint density at radius 2 is 1.41 bits per heavy atom. The first-order chi connectivity index (χ1) is 12.9. The topological polar surface area (TPSA) is 12.9 Å². The van der Waals surface area contributed by atoms with Gasteiger partial charge in [0, 0.05) is 17.0 Å². The molecule has 0 fully saturated rings. The van der Waals surface area contributed by atoms with Crippen LogP contribution in [-0.2, 0) is 10.8 Å². The highest BCUT2D eigenvalue weighted by molar-refractivity contribution is 6.13. The van der Waals surface area contributed by atoms with E-state index in [9.17, 15) is 0 Å². The minimum atomic E-state index is 0.149. The summed E-state index contributed by atoms with van der Waals surface area (Å²) in [6, 6.07) is 21.8.